The van der Waals surface area contributed by atoms with E-state index in [9.17, 15) is 19.5 Å². The van der Waals surface area contributed by atoms with Crippen LogP contribution in [0.5, 0.6) is 11.5 Å². The second-order valence-electron chi connectivity index (χ2n) is 11.6. The van der Waals surface area contributed by atoms with Gasteiger partial charge in [-0.2, -0.15) is 0 Å². The van der Waals surface area contributed by atoms with Gasteiger partial charge in [0.25, 0.3) is 0 Å². The van der Waals surface area contributed by atoms with Gasteiger partial charge in [0.05, 0.1) is 13.7 Å². The van der Waals surface area contributed by atoms with Gasteiger partial charge in [-0.25, -0.2) is 4.98 Å². The fourth-order valence-corrected chi connectivity index (χ4v) is 5.42. The third kappa shape index (κ3) is 11.9. The van der Waals surface area contributed by atoms with Crippen LogP contribution >= 0.6 is 0 Å². The number of ether oxygens (including phenoxy) is 2. The van der Waals surface area contributed by atoms with Crippen molar-refractivity contribution in [1.82, 2.24) is 4.98 Å². The molecule has 9 nitrogen and oxygen atoms in total. The van der Waals surface area contributed by atoms with E-state index in [2.05, 4.69) is 22.2 Å². The number of aryl methyl sites for hydroxylation is 2. The average molecular weight is 606 g/mol. The summed E-state index contributed by atoms with van der Waals surface area (Å²) in [4.78, 5) is 44.8. The summed E-state index contributed by atoms with van der Waals surface area (Å²) in [5, 5.41) is 13.0. The Morgan fingerprint density at radius 3 is 2.55 bits per heavy atom. The number of hydrogen-bond acceptors (Lipinski definition) is 9. The molecule has 0 aliphatic carbocycles. The normalized spacial score (nSPS) is 13.9. The number of aromatic nitrogens is 1. The highest BCUT2D eigenvalue weighted by atomic mass is 16.5. The molecule has 2 N–H and O–H groups in total. The highest BCUT2D eigenvalue weighted by molar-refractivity contribution is 5.82. The van der Waals surface area contributed by atoms with Crippen molar-refractivity contribution in [3.05, 3.63) is 58.8 Å². The van der Waals surface area contributed by atoms with E-state index in [0.717, 1.165) is 50.0 Å². The Bertz CT molecular complexity index is 1340. The van der Waals surface area contributed by atoms with Gasteiger partial charge in [-0.05, 0) is 97.9 Å². The van der Waals surface area contributed by atoms with E-state index in [1.807, 2.05) is 18.3 Å². The van der Waals surface area contributed by atoms with Crippen molar-refractivity contribution in [3.63, 3.8) is 0 Å². The molecule has 1 aromatic carbocycles. The molecule has 0 amide bonds. The fraction of sp³-hybridized carbons (Fsp3) is 0.514. The smallest absolute Gasteiger partial charge is 0.302 e. The van der Waals surface area contributed by atoms with Gasteiger partial charge in [-0.15, -0.1) is 0 Å². The van der Waals surface area contributed by atoms with Gasteiger partial charge in [-0.3, -0.25) is 19.4 Å². The Kier molecular flexibility index (Phi) is 14.1. The Morgan fingerprint density at radius 2 is 1.82 bits per heavy atom. The zero-order valence-electron chi connectivity index (χ0n) is 26.6. The number of aliphatic imine (C=N–C) groups is 1. The first-order chi connectivity index (χ1) is 21.2. The molecule has 9 heteroatoms. The number of esters is 1. The molecule has 2 unspecified atom stereocenters. The largest absolute Gasteiger partial charge is 0.504 e. The van der Waals surface area contributed by atoms with Crippen LogP contribution in [0.3, 0.4) is 0 Å². The monoisotopic (exact) mass is 605 g/mol. The summed E-state index contributed by atoms with van der Waals surface area (Å²) in [6.07, 6.45) is 10.0. The Hall–Kier alpha value is -4.01. The van der Waals surface area contributed by atoms with E-state index in [0.29, 0.717) is 43.9 Å². The van der Waals surface area contributed by atoms with Crippen LogP contribution in [0.15, 0.2) is 52.7 Å². The molecule has 0 bridgehead atoms. The van der Waals surface area contributed by atoms with Crippen LogP contribution in [0.2, 0.25) is 0 Å². The van der Waals surface area contributed by atoms with Gasteiger partial charge in [0, 0.05) is 45.1 Å². The zero-order valence-corrected chi connectivity index (χ0v) is 26.6. The fourth-order valence-electron chi connectivity index (χ4n) is 5.42. The number of benzene rings is 1. The van der Waals surface area contributed by atoms with Crippen LogP contribution in [0.25, 0.3) is 0 Å². The number of carbonyl (C=O) groups is 3. The highest BCUT2D eigenvalue weighted by Crippen LogP contribution is 2.29. The molecule has 238 valence electrons. The molecule has 2 atom stereocenters. The van der Waals surface area contributed by atoms with Crippen LogP contribution in [0.4, 0.5) is 5.82 Å². The van der Waals surface area contributed by atoms with E-state index in [1.165, 1.54) is 30.7 Å². The lowest BCUT2D eigenvalue weighted by Gasteiger charge is -2.21. The number of nitrogens with zero attached hydrogens (tertiary/aromatic N) is 2. The molecule has 0 spiro atoms. The number of Topliss-reactive ketones (excluding diaryl/α,β-unsaturated/α-hetero) is 2. The Morgan fingerprint density at radius 1 is 1.02 bits per heavy atom. The van der Waals surface area contributed by atoms with Gasteiger partial charge in [0.2, 0.25) is 0 Å². The quantitative estimate of drug-likeness (QED) is 0.170. The van der Waals surface area contributed by atoms with Crippen LogP contribution in [0, 0.1) is 5.92 Å². The van der Waals surface area contributed by atoms with Gasteiger partial charge in [0.15, 0.2) is 11.5 Å². The molecular formula is C35H47N3O6. The number of allylic oxidation sites excluding steroid dienone is 1. The number of methoxy groups -OCH3 is 1. The molecule has 0 radical (unpaired) electrons. The van der Waals surface area contributed by atoms with Gasteiger partial charge >= 0.3 is 5.97 Å². The van der Waals surface area contributed by atoms with Gasteiger partial charge in [0.1, 0.15) is 23.5 Å². The number of ketones is 2. The number of phenolic OH excluding ortho intramolecular Hbond substituents is 1. The molecule has 3 rings (SSSR count). The predicted octanol–water partition coefficient (Wildman–Crippen LogP) is 6.22. The lowest BCUT2D eigenvalue weighted by atomic mass is 9.88. The molecule has 2 heterocycles. The van der Waals surface area contributed by atoms with E-state index in [4.69, 9.17) is 9.47 Å². The SMILES string of the molecule is CCC(CCC(CC(=O)CCc1ccc(O)c(OC)c1)OC(C)=O)CC1=C(CCc2ccnc(NCCC(C)=O)c2)CN=C1. The number of aromatic hydroxyl groups is 1. The first kappa shape index (κ1) is 34.5. The van der Waals surface area contributed by atoms with Crippen molar-refractivity contribution in [2.75, 3.05) is 25.5 Å². The molecule has 1 aliphatic heterocycles. The van der Waals surface area contributed by atoms with Crippen molar-refractivity contribution in [1.29, 1.82) is 0 Å². The van der Waals surface area contributed by atoms with Crippen molar-refractivity contribution < 1.29 is 29.0 Å². The number of hydrogen-bond donors (Lipinski definition) is 2. The van der Waals surface area contributed by atoms with Crippen molar-refractivity contribution >= 4 is 29.6 Å². The lowest BCUT2D eigenvalue weighted by Crippen LogP contribution is -2.22. The van der Waals surface area contributed by atoms with Crippen LogP contribution in [-0.2, 0) is 32.0 Å². The predicted molar refractivity (Wildman–Crippen MR) is 173 cm³/mol. The number of rotatable bonds is 20. The minimum absolute atomic E-state index is 0.0394. The maximum Gasteiger partial charge on any atom is 0.302 e. The standard InChI is InChI=1S/C35H47N3O6/c1-5-26(8-12-32(44-25(3)40)21-31(41)11-7-27-9-13-33(42)34(19-27)43-4)18-30-23-36-22-29(30)10-6-28-15-17-38-35(20-28)37-16-14-24(2)39/h9,13,15,17,19-20,23,26,32,42H,5-8,10-12,14,16,18,21-22H2,1-4H3,(H,37,38). The Labute approximate surface area is 261 Å². The number of nitrogens with one attached hydrogen (secondary N) is 1. The van der Waals surface area contributed by atoms with Gasteiger partial charge in [-0.1, -0.05) is 19.4 Å². The summed E-state index contributed by atoms with van der Waals surface area (Å²) < 4.78 is 10.7. The molecule has 0 saturated heterocycles. The maximum atomic E-state index is 12.8. The third-order valence-corrected chi connectivity index (χ3v) is 8.01. The lowest BCUT2D eigenvalue weighted by molar-refractivity contribution is -0.148. The average Bonchev–Trinajstić information content (AvgIpc) is 3.44. The van der Waals surface area contributed by atoms with Crippen LogP contribution < -0.4 is 10.1 Å². The summed E-state index contributed by atoms with van der Waals surface area (Å²) in [7, 11) is 1.49. The van der Waals surface area contributed by atoms with E-state index >= 15 is 0 Å². The molecule has 1 aliphatic rings. The first-order valence-corrected chi connectivity index (χ1v) is 15.6. The number of pyridine rings is 1. The van der Waals surface area contributed by atoms with E-state index < -0.39 is 6.10 Å². The summed E-state index contributed by atoms with van der Waals surface area (Å²) in [6.45, 7) is 6.45. The molecule has 1 aromatic heterocycles. The van der Waals surface area contributed by atoms with Crippen molar-refractivity contribution in [3.8, 4) is 11.5 Å². The number of carbonyl (C=O) groups excluding carboxylic acids is 3. The molecular weight excluding hydrogens is 558 g/mol. The third-order valence-electron chi connectivity index (χ3n) is 8.01. The van der Waals surface area contributed by atoms with Crippen molar-refractivity contribution in [2.24, 2.45) is 10.9 Å². The van der Waals surface area contributed by atoms with E-state index in [-0.39, 0.29) is 29.7 Å². The minimum atomic E-state index is -0.445. The number of anilines is 1. The van der Waals surface area contributed by atoms with Crippen LogP contribution in [-0.4, -0.2) is 60.1 Å². The van der Waals surface area contributed by atoms with E-state index in [1.54, 1.807) is 31.3 Å². The number of phenols is 1. The van der Waals surface area contributed by atoms with Gasteiger partial charge < -0.3 is 19.9 Å². The van der Waals surface area contributed by atoms with Crippen molar-refractivity contribution in [2.45, 2.75) is 91.1 Å². The second kappa shape index (κ2) is 18.0. The molecule has 2 aromatic rings. The summed E-state index contributed by atoms with van der Waals surface area (Å²) in [5.41, 5.74) is 4.73. The molecule has 0 saturated carbocycles. The molecule has 44 heavy (non-hydrogen) atoms. The highest BCUT2D eigenvalue weighted by Gasteiger charge is 2.21. The summed E-state index contributed by atoms with van der Waals surface area (Å²) >= 11 is 0. The summed E-state index contributed by atoms with van der Waals surface area (Å²) in [6, 6.07) is 9.15. The first-order valence-electron chi connectivity index (χ1n) is 15.6. The second-order valence-corrected chi connectivity index (χ2v) is 11.6. The summed E-state index contributed by atoms with van der Waals surface area (Å²) in [5.74, 6) is 1.43. The topological polar surface area (TPSA) is 127 Å². The zero-order chi connectivity index (χ0) is 31.9. The Balaban J connectivity index is 1.51. The molecule has 0 fully saturated rings. The minimum Gasteiger partial charge on any atom is -0.504 e. The van der Waals surface area contributed by atoms with Crippen LogP contribution in [0.1, 0.15) is 83.3 Å². The maximum absolute atomic E-state index is 12.8.